The molecule has 1 aromatic carbocycles. The lowest BCUT2D eigenvalue weighted by Gasteiger charge is -2.27. The molecule has 1 aliphatic heterocycles. The van der Waals surface area contributed by atoms with Gasteiger partial charge in [0.1, 0.15) is 6.04 Å². The van der Waals surface area contributed by atoms with Gasteiger partial charge in [0, 0.05) is 6.54 Å². The van der Waals surface area contributed by atoms with Crippen molar-refractivity contribution < 1.29 is 23.9 Å². The summed E-state index contributed by atoms with van der Waals surface area (Å²) >= 11 is 0. The average Bonchev–Trinajstić information content (AvgIpc) is 3.01. The third kappa shape index (κ3) is 5.21. The average molecular weight is 427 g/mol. The third-order valence-corrected chi connectivity index (χ3v) is 5.79. The van der Waals surface area contributed by atoms with E-state index in [-0.39, 0.29) is 17.7 Å². The van der Waals surface area contributed by atoms with Crippen molar-refractivity contribution in [1.82, 2.24) is 10.2 Å². The third-order valence-electron chi connectivity index (χ3n) is 5.79. The number of rotatable bonds is 8. The number of allylic oxidation sites excluding steroid dienone is 2. The molecule has 166 valence electrons. The van der Waals surface area contributed by atoms with E-state index in [1.165, 1.54) is 6.92 Å². The zero-order valence-corrected chi connectivity index (χ0v) is 18.2. The molecule has 0 saturated carbocycles. The maximum absolute atomic E-state index is 13.0. The number of fused-ring (bicyclic) bond motifs is 1. The molecule has 0 spiro atoms. The lowest BCUT2D eigenvalue weighted by molar-refractivity contribution is -0.165. The van der Waals surface area contributed by atoms with Gasteiger partial charge in [-0.1, -0.05) is 56.3 Å². The quantitative estimate of drug-likeness (QED) is 0.392. The number of carbonyl (C=O) groups is 4. The fraction of sp³-hybridized carbons (Fsp3) is 0.500. The fourth-order valence-corrected chi connectivity index (χ4v) is 4.12. The lowest BCUT2D eigenvalue weighted by Crippen LogP contribution is -2.48. The molecule has 0 unspecified atom stereocenters. The van der Waals surface area contributed by atoms with Gasteiger partial charge in [0.25, 0.3) is 5.91 Å². The Morgan fingerprint density at radius 3 is 2.16 bits per heavy atom. The minimum atomic E-state index is -1.04. The molecular weight excluding hydrogens is 396 g/mol. The summed E-state index contributed by atoms with van der Waals surface area (Å²) < 4.78 is 5.41. The van der Waals surface area contributed by atoms with E-state index in [1.54, 1.807) is 0 Å². The highest BCUT2D eigenvalue weighted by Gasteiger charge is 2.51. The lowest BCUT2D eigenvalue weighted by atomic mass is 9.85. The van der Waals surface area contributed by atoms with Crippen molar-refractivity contribution in [3.63, 3.8) is 0 Å². The van der Waals surface area contributed by atoms with Crippen LogP contribution in [-0.4, -0.2) is 40.7 Å². The van der Waals surface area contributed by atoms with Gasteiger partial charge in [0.05, 0.1) is 11.8 Å². The Balaban J connectivity index is 1.66. The van der Waals surface area contributed by atoms with Gasteiger partial charge in [-0.25, -0.2) is 4.79 Å². The highest BCUT2D eigenvalue weighted by atomic mass is 16.5. The second kappa shape index (κ2) is 9.90. The van der Waals surface area contributed by atoms with Crippen LogP contribution in [0.5, 0.6) is 0 Å². The first-order valence-corrected chi connectivity index (χ1v) is 10.8. The molecule has 2 aliphatic rings. The fourth-order valence-electron chi connectivity index (χ4n) is 4.12. The number of ether oxygens (including phenoxy) is 1. The van der Waals surface area contributed by atoms with E-state index in [1.807, 2.05) is 56.3 Å². The van der Waals surface area contributed by atoms with Crippen molar-refractivity contribution in [3.05, 3.63) is 48.0 Å². The van der Waals surface area contributed by atoms with Crippen molar-refractivity contribution in [2.24, 2.45) is 17.8 Å². The number of nitrogens with zero attached hydrogens (tertiary/aromatic N) is 1. The molecule has 31 heavy (non-hydrogen) atoms. The van der Waals surface area contributed by atoms with Crippen LogP contribution in [0.15, 0.2) is 42.5 Å². The molecule has 1 saturated heterocycles. The summed E-state index contributed by atoms with van der Waals surface area (Å²) in [6, 6.07) is 8.38. The molecular formula is C24H30N2O5. The second-order valence-corrected chi connectivity index (χ2v) is 8.63. The summed E-state index contributed by atoms with van der Waals surface area (Å²) in [7, 11) is 0. The first kappa shape index (κ1) is 22.7. The van der Waals surface area contributed by atoms with E-state index in [4.69, 9.17) is 4.74 Å². The van der Waals surface area contributed by atoms with Crippen LogP contribution >= 0.6 is 0 Å². The van der Waals surface area contributed by atoms with Crippen LogP contribution in [0.2, 0.25) is 0 Å². The monoisotopic (exact) mass is 426 g/mol. The minimum Gasteiger partial charge on any atom is -0.451 e. The van der Waals surface area contributed by atoms with Gasteiger partial charge in [-0.15, -0.1) is 0 Å². The number of likely N-dealkylation sites (tertiary alicyclic amines) is 1. The maximum Gasteiger partial charge on any atom is 0.330 e. The van der Waals surface area contributed by atoms with Crippen molar-refractivity contribution in [3.8, 4) is 0 Å². The largest absolute Gasteiger partial charge is 0.451 e. The Hall–Kier alpha value is -2.96. The topological polar surface area (TPSA) is 92.8 Å². The molecule has 0 bridgehead atoms. The Bertz CT molecular complexity index is 838. The number of carbonyl (C=O) groups excluding carboxylic acids is 4. The second-order valence-electron chi connectivity index (χ2n) is 8.63. The summed E-state index contributed by atoms with van der Waals surface area (Å²) in [4.78, 5) is 52.4. The molecule has 0 aromatic heterocycles. The van der Waals surface area contributed by atoms with Gasteiger partial charge >= 0.3 is 5.97 Å². The van der Waals surface area contributed by atoms with Crippen LogP contribution < -0.4 is 5.32 Å². The summed E-state index contributed by atoms with van der Waals surface area (Å²) in [6.07, 6.45) is 4.08. The smallest absolute Gasteiger partial charge is 0.330 e. The summed E-state index contributed by atoms with van der Waals surface area (Å²) in [5.74, 6) is -2.55. The van der Waals surface area contributed by atoms with Gasteiger partial charge in [0.2, 0.25) is 11.8 Å². The number of nitrogens with one attached hydrogen (secondary N) is 1. The number of hydrogen-bond acceptors (Lipinski definition) is 5. The normalized spacial score (nSPS) is 22.3. The predicted octanol–water partition coefficient (Wildman–Crippen LogP) is 2.60. The van der Waals surface area contributed by atoms with Gasteiger partial charge < -0.3 is 10.1 Å². The number of hydrogen-bond donors (Lipinski definition) is 1. The number of amides is 3. The van der Waals surface area contributed by atoms with Crippen LogP contribution in [0.25, 0.3) is 0 Å². The first-order valence-electron chi connectivity index (χ1n) is 10.8. The van der Waals surface area contributed by atoms with E-state index in [0.29, 0.717) is 25.8 Å². The van der Waals surface area contributed by atoms with Crippen LogP contribution in [0.3, 0.4) is 0 Å². The zero-order chi connectivity index (χ0) is 22.5. The summed E-state index contributed by atoms with van der Waals surface area (Å²) in [5, 5.41) is 2.74. The number of esters is 1. The van der Waals surface area contributed by atoms with E-state index >= 15 is 0 Å². The summed E-state index contributed by atoms with van der Waals surface area (Å²) in [5.41, 5.74) is 0.927. The standard InChI is InChI=1S/C24H30N2O5/c1-15(2)13-20(26-22(28)18-11-7-8-12-19(18)23(26)29)24(30)31-16(3)21(27)25-14-17-9-5-4-6-10-17/h4-10,15-16,18-20H,11-14H2,1-3H3,(H,25,27)/t16-,18+,19+,20-/m1/s1. The van der Waals surface area contributed by atoms with E-state index in [9.17, 15) is 19.2 Å². The molecule has 3 amide bonds. The molecule has 7 nitrogen and oxygen atoms in total. The Morgan fingerprint density at radius 2 is 1.61 bits per heavy atom. The van der Waals surface area contributed by atoms with Crippen molar-refractivity contribution in [2.45, 2.75) is 58.7 Å². The molecule has 1 N–H and O–H groups in total. The Labute approximate surface area is 182 Å². The molecule has 1 fully saturated rings. The zero-order valence-electron chi connectivity index (χ0n) is 18.2. The van der Waals surface area contributed by atoms with Gasteiger partial charge in [-0.2, -0.15) is 0 Å². The van der Waals surface area contributed by atoms with Gasteiger partial charge in [-0.05, 0) is 37.7 Å². The molecule has 4 atom stereocenters. The van der Waals surface area contributed by atoms with Crippen LogP contribution in [0.4, 0.5) is 0 Å². The van der Waals surface area contributed by atoms with Crippen molar-refractivity contribution >= 4 is 23.7 Å². The highest BCUT2D eigenvalue weighted by Crippen LogP contribution is 2.37. The molecule has 7 heteroatoms. The summed E-state index contributed by atoms with van der Waals surface area (Å²) in [6.45, 7) is 5.63. The van der Waals surface area contributed by atoms with Gasteiger partial charge in [0.15, 0.2) is 6.10 Å². The number of benzene rings is 1. The van der Waals surface area contributed by atoms with Crippen molar-refractivity contribution in [2.75, 3.05) is 0 Å². The first-order chi connectivity index (χ1) is 14.8. The molecule has 1 heterocycles. The van der Waals surface area contributed by atoms with E-state index in [0.717, 1.165) is 10.5 Å². The molecule has 3 rings (SSSR count). The van der Waals surface area contributed by atoms with Crippen LogP contribution in [-0.2, 0) is 30.5 Å². The molecule has 0 radical (unpaired) electrons. The Kier molecular flexibility index (Phi) is 7.25. The van der Waals surface area contributed by atoms with Crippen LogP contribution in [0, 0.1) is 17.8 Å². The van der Waals surface area contributed by atoms with E-state index in [2.05, 4.69) is 5.32 Å². The predicted molar refractivity (Wildman–Crippen MR) is 114 cm³/mol. The van der Waals surface area contributed by atoms with Gasteiger partial charge in [-0.3, -0.25) is 19.3 Å². The highest BCUT2D eigenvalue weighted by molar-refractivity contribution is 6.08. The van der Waals surface area contributed by atoms with Crippen molar-refractivity contribution in [1.29, 1.82) is 0 Å². The van der Waals surface area contributed by atoms with E-state index < -0.39 is 35.9 Å². The minimum absolute atomic E-state index is 0.0566. The maximum atomic E-state index is 13.0. The molecule has 1 aromatic rings. The SMILES string of the molecule is CC(C)C[C@H](C(=O)O[C@H](C)C(=O)NCc1ccccc1)N1C(=O)[C@H]2CC=CC[C@@H]2C1=O. The molecule has 1 aliphatic carbocycles. The van der Waals surface area contributed by atoms with Crippen LogP contribution in [0.1, 0.15) is 45.6 Å². The number of imide groups is 1. The Morgan fingerprint density at radius 1 is 1.03 bits per heavy atom.